The lowest BCUT2D eigenvalue weighted by Crippen LogP contribution is -2.42. The molecule has 29 heavy (non-hydrogen) atoms. The van der Waals surface area contributed by atoms with Gasteiger partial charge in [-0.1, -0.05) is 33.1 Å². The molecule has 1 N–H and O–H groups in total. The van der Waals surface area contributed by atoms with E-state index in [4.69, 9.17) is 0 Å². The molecule has 0 aliphatic heterocycles. The first kappa shape index (κ1) is 21.8. The summed E-state index contributed by atoms with van der Waals surface area (Å²) in [6.45, 7) is 6.06. The molecule has 1 heterocycles. The van der Waals surface area contributed by atoms with Gasteiger partial charge in [0.1, 0.15) is 5.56 Å². The number of ketones is 1. The van der Waals surface area contributed by atoms with Crippen LogP contribution in [0.3, 0.4) is 0 Å². The van der Waals surface area contributed by atoms with Gasteiger partial charge < -0.3 is 14.8 Å². The third-order valence-corrected chi connectivity index (χ3v) is 6.26. The van der Waals surface area contributed by atoms with Gasteiger partial charge in [0.05, 0.1) is 0 Å². The number of hydrogen-bond acceptors (Lipinski definition) is 4. The number of H-pyrrole nitrogens is 1. The fourth-order valence-electron chi connectivity index (χ4n) is 4.63. The second kappa shape index (κ2) is 8.82. The minimum atomic E-state index is -0.377. The molecule has 0 saturated heterocycles. The molecular weight excluding hydrogens is 366 g/mol. The van der Waals surface area contributed by atoms with Crippen molar-refractivity contribution in [2.45, 2.75) is 58.8 Å². The number of hydrogen-bond donors (Lipinski definition) is 1. The summed E-state index contributed by atoms with van der Waals surface area (Å²) in [7, 11) is 3.96. The number of Topliss-reactive ketones (excluding diaryl/α,β-unsaturated/α-hetero) is 1. The highest BCUT2D eigenvalue weighted by Gasteiger charge is 2.33. The SMILES string of the molecule is CN(C)CCN(CC1CCCCC1)C(=O)c1cc2c([nH]c1=O)CC(C)(C)CC2=O. The summed E-state index contributed by atoms with van der Waals surface area (Å²) in [6, 6.07) is 1.55. The smallest absolute Gasteiger partial charge is 0.261 e. The van der Waals surface area contributed by atoms with E-state index in [2.05, 4.69) is 4.98 Å². The number of aromatic nitrogens is 1. The Morgan fingerprint density at radius 2 is 1.79 bits per heavy atom. The largest absolute Gasteiger partial charge is 0.337 e. The molecule has 1 aromatic rings. The van der Waals surface area contributed by atoms with Crippen molar-refractivity contribution in [3.05, 3.63) is 33.2 Å². The zero-order valence-electron chi connectivity index (χ0n) is 18.3. The van der Waals surface area contributed by atoms with Crippen LogP contribution >= 0.6 is 0 Å². The minimum Gasteiger partial charge on any atom is -0.337 e. The summed E-state index contributed by atoms with van der Waals surface area (Å²) in [5, 5.41) is 0. The van der Waals surface area contributed by atoms with Gasteiger partial charge in [-0.05, 0) is 50.8 Å². The number of carbonyl (C=O) groups is 2. The van der Waals surface area contributed by atoms with Crippen LogP contribution in [0.5, 0.6) is 0 Å². The molecule has 1 amide bonds. The molecule has 1 saturated carbocycles. The van der Waals surface area contributed by atoms with Crippen molar-refractivity contribution >= 4 is 11.7 Å². The highest BCUT2D eigenvalue weighted by atomic mass is 16.2. The number of likely N-dealkylation sites (N-methyl/N-ethyl adjacent to an activating group) is 1. The van der Waals surface area contributed by atoms with E-state index in [0.717, 1.165) is 19.4 Å². The maximum Gasteiger partial charge on any atom is 0.261 e. The Balaban J connectivity index is 1.87. The van der Waals surface area contributed by atoms with Gasteiger partial charge in [-0.15, -0.1) is 0 Å². The predicted molar refractivity (Wildman–Crippen MR) is 115 cm³/mol. The predicted octanol–water partition coefficient (Wildman–Crippen LogP) is 3.11. The van der Waals surface area contributed by atoms with Crippen molar-refractivity contribution in [1.29, 1.82) is 0 Å². The Bertz CT molecular complexity index is 819. The Kier molecular flexibility index (Phi) is 6.62. The summed E-state index contributed by atoms with van der Waals surface area (Å²) in [4.78, 5) is 45.5. The summed E-state index contributed by atoms with van der Waals surface area (Å²) >= 11 is 0. The fourth-order valence-corrected chi connectivity index (χ4v) is 4.63. The van der Waals surface area contributed by atoms with Crippen LogP contribution in [0.25, 0.3) is 0 Å². The molecule has 0 bridgehead atoms. The first-order valence-corrected chi connectivity index (χ1v) is 10.9. The van der Waals surface area contributed by atoms with Crippen LogP contribution in [-0.4, -0.2) is 60.2 Å². The molecule has 160 valence electrons. The number of aromatic amines is 1. The standard InChI is InChI=1S/C23H35N3O3/c1-23(2)13-19-17(20(27)14-23)12-18(21(28)24-19)22(29)26(11-10-25(3)4)15-16-8-6-5-7-9-16/h12,16H,5-11,13-15H2,1-4H3,(H,24,28). The molecule has 2 aliphatic carbocycles. The first-order chi connectivity index (χ1) is 13.7. The maximum atomic E-state index is 13.3. The zero-order chi connectivity index (χ0) is 21.2. The van der Waals surface area contributed by atoms with Gasteiger partial charge in [0.2, 0.25) is 0 Å². The van der Waals surface area contributed by atoms with E-state index >= 15 is 0 Å². The molecule has 1 fully saturated rings. The third-order valence-electron chi connectivity index (χ3n) is 6.26. The van der Waals surface area contributed by atoms with Gasteiger partial charge in [0.15, 0.2) is 5.78 Å². The van der Waals surface area contributed by atoms with Crippen molar-refractivity contribution in [2.75, 3.05) is 33.7 Å². The van der Waals surface area contributed by atoms with Gasteiger partial charge in [-0.3, -0.25) is 14.4 Å². The van der Waals surface area contributed by atoms with E-state index in [1.54, 1.807) is 6.07 Å². The molecular formula is C23H35N3O3. The van der Waals surface area contributed by atoms with Crippen LogP contribution in [0.4, 0.5) is 0 Å². The third kappa shape index (κ3) is 5.35. The van der Waals surface area contributed by atoms with Crippen molar-refractivity contribution in [1.82, 2.24) is 14.8 Å². The van der Waals surface area contributed by atoms with Crippen LogP contribution < -0.4 is 5.56 Å². The normalized spacial score (nSPS) is 19.3. The van der Waals surface area contributed by atoms with Crippen LogP contribution in [0.1, 0.15) is 78.8 Å². The zero-order valence-corrected chi connectivity index (χ0v) is 18.3. The van der Waals surface area contributed by atoms with E-state index in [1.165, 1.54) is 19.3 Å². The summed E-state index contributed by atoms with van der Waals surface area (Å²) in [5.74, 6) is 0.252. The molecule has 6 nitrogen and oxygen atoms in total. The van der Waals surface area contributed by atoms with Gasteiger partial charge >= 0.3 is 0 Å². The molecule has 0 radical (unpaired) electrons. The maximum absolute atomic E-state index is 13.3. The van der Waals surface area contributed by atoms with Gasteiger partial charge in [-0.25, -0.2) is 0 Å². The average Bonchev–Trinajstić information content (AvgIpc) is 2.64. The number of fused-ring (bicyclic) bond motifs is 1. The summed E-state index contributed by atoms with van der Waals surface area (Å²) in [6.07, 6.45) is 7.05. The first-order valence-electron chi connectivity index (χ1n) is 10.9. The van der Waals surface area contributed by atoms with Crippen molar-refractivity contribution in [3.63, 3.8) is 0 Å². The average molecular weight is 402 g/mol. The molecule has 2 aliphatic rings. The lowest BCUT2D eigenvalue weighted by Gasteiger charge is -2.32. The number of nitrogens with zero attached hydrogens (tertiary/aromatic N) is 2. The number of pyridine rings is 1. The van der Waals surface area contributed by atoms with Gasteiger partial charge in [0.25, 0.3) is 11.5 Å². The second-order valence-corrected chi connectivity index (χ2v) is 9.90. The Labute approximate surface area is 173 Å². The lowest BCUT2D eigenvalue weighted by atomic mass is 9.75. The molecule has 6 heteroatoms. The number of rotatable bonds is 6. The van der Waals surface area contributed by atoms with Crippen molar-refractivity contribution in [2.24, 2.45) is 11.3 Å². The highest BCUT2D eigenvalue weighted by Crippen LogP contribution is 2.33. The molecule has 1 aromatic heterocycles. The van der Waals surface area contributed by atoms with E-state index in [1.807, 2.05) is 37.7 Å². The number of amides is 1. The van der Waals surface area contributed by atoms with Crippen LogP contribution in [-0.2, 0) is 6.42 Å². The molecule has 0 unspecified atom stereocenters. The van der Waals surface area contributed by atoms with Crippen LogP contribution in [0.15, 0.2) is 10.9 Å². The summed E-state index contributed by atoms with van der Waals surface area (Å²) < 4.78 is 0. The van der Waals surface area contributed by atoms with E-state index in [-0.39, 0.29) is 28.2 Å². The molecule has 3 rings (SSSR count). The lowest BCUT2D eigenvalue weighted by molar-refractivity contribution is 0.0699. The molecule has 0 spiro atoms. The molecule has 0 aromatic carbocycles. The Hall–Kier alpha value is -1.95. The topological polar surface area (TPSA) is 73.5 Å². The van der Waals surface area contributed by atoms with Gasteiger partial charge in [-0.2, -0.15) is 0 Å². The Morgan fingerprint density at radius 3 is 2.45 bits per heavy atom. The van der Waals surface area contributed by atoms with Crippen molar-refractivity contribution in [3.8, 4) is 0 Å². The van der Waals surface area contributed by atoms with E-state index in [9.17, 15) is 14.4 Å². The second-order valence-electron chi connectivity index (χ2n) is 9.90. The van der Waals surface area contributed by atoms with E-state index < -0.39 is 0 Å². The quantitative estimate of drug-likeness (QED) is 0.795. The number of carbonyl (C=O) groups excluding carboxylic acids is 2. The fraction of sp³-hybridized carbons (Fsp3) is 0.696. The van der Waals surface area contributed by atoms with Crippen LogP contribution in [0.2, 0.25) is 0 Å². The monoisotopic (exact) mass is 401 g/mol. The van der Waals surface area contributed by atoms with E-state index in [0.29, 0.717) is 43.1 Å². The summed E-state index contributed by atoms with van der Waals surface area (Å²) in [5.41, 5.74) is 0.735. The highest BCUT2D eigenvalue weighted by molar-refractivity contribution is 6.02. The molecule has 0 atom stereocenters. The van der Waals surface area contributed by atoms with Gasteiger partial charge in [0, 0.05) is 37.3 Å². The number of nitrogens with one attached hydrogen (secondary N) is 1. The van der Waals surface area contributed by atoms with Crippen molar-refractivity contribution < 1.29 is 9.59 Å². The minimum absolute atomic E-state index is 0.00803. The van der Waals surface area contributed by atoms with Crippen LogP contribution in [0, 0.1) is 11.3 Å². The Morgan fingerprint density at radius 1 is 1.10 bits per heavy atom.